The summed E-state index contributed by atoms with van der Waals surface area (Å²) in [4.78, 5) is 26.8. The molecule has 2 heterocycles. The number of carbonyl (C=O) groups is 2. The fraction of sp³-hybridized carbons (Fsp3) is 0.138. The number of nitrogens with zero attached hydrogens (tertiary/aromatic N) is 2. The van der Waals surface area contributed by atoms with E-state index >= 15 is 0 Å². The average Bonchev–Trinajstić information content (AvgIpc) is 3.37. The molecule has 0 spiro atoms. The fourth-order valence-corrected chi connectivity index (χ4v) is 4.50. The molecule has 39 heavy (non-hydrogen) atoms. The molecule has 1 aliphatic rings. The summed E-state index contributed by atoms with van der Waals surface area (Å²) in [7, 11) is 3.08. The lowest BCUT2D eigenvalue weighted by molar-refractivity contribution is -0.113. The number of anilines is 3. The molecule has 0 saturated carbocycles. The van der Waals surface area contributed by atoms with Gasteiger partial charge < -0.3 is 25.4 Å². The highest BCUT2D eigenvalue weighted by atomic mass is 19.1. The normalized spacial score (nSPS) is 14.2. The van der Waals surface area contributed by atoms with Crippen LogP contribution in [0.3, 0.4) is 0 Å². The summed E-state index contributed by atoms with van der Waals surface area (Å²) in [6.45, 7) is 1.77. The molecule has 5 rings (SSSR count). The van der Waals surface area contributed by atoms with Gasteiger partial charge >= 0.3 is 0 Å². The van der Waals surface area contributed by atoms with Crippen LogP contribution in [0.5, 0.6) is 11.5 Å². The van der Waals surface area contributed by atoms with Gasteiger partial charge in [0.2, 0.25) is 0 Å². The molecule has 1 atom stereocenters. The van der Waals surface area contributed by atoms with Crippen LogP contribution in [0.1, 0.15) is 28.9 Å². The number of nitrogens with one attached hydrogen (secondary N) is 3. The van der Waals surface area contributed by atoms with Crippen LogP contribution in [0.25, 0.3) is 0 Å². The zero-order chi connectivity index (χ0) is 27.5. The summed E-state index contributed by atoms with van der Waals surface area (Å²) in [5.74, 6) is 0.250. The topological polar surface area (TPSA) is 107 Å². The van der Waals surface area contributed by atoms with E-state index in [2.05, 4.69) is 21.0 Å². The van der Waals surface area contributed by atoms with E-state index in [1.807, 2.05) is 24.3 Å². The lowest BCUT2D eigenvalue weighted by Gasteiger charge is -2.30. The molecular formula is C29H26FN5O4. The highest BCUT2D eigenvalue weighted by molar-refractivity contribution is 6.09. The van der Waals surface area contributed by atoms with E-state index in [-0.39, 0.29) is 11.5 Å². The number of ether oxygens (including phenoxy) is 2. The lowest BCUT2D eigenvalue weighted by Crippen LogP contribution is -2.32. The van der Waals surface area contributed by atoms with Crippen LogP contribution in [-0.2, 0) is 4.79 Å². The first-order valence-corrected chi connectivity index (χ1v) is 12.1. The predicted octanol–water partition coefficient (Wildman–Crippen LogP) is 5.22. The fourth-order valence-electron chi connectivity index (χ4n) is 4.50. The second-order valence-electron chi connectivity index (χ2n) is 8.81. The van der Waals surface area contributed by atoms with Gasteiger partial charge in [0.15, 0.2) is 11.5 Å². The van der Waals surface area contributed by atoms with Gasteiger partial charge in [0, 0.05) is 17.1 Å². The Morgan fingerprint density at radius 2 is 1.56 bits per heavy atom. The molecule has 1 aliphatic heterocycles. The van der Waals surface area contributed by atoms with Crippen molar-refractivity contribution >= 4 is 29.0 Å². The molecule has 2 amide bonds. The third-order valence-electron chi connectivity index (χ3n) is 6.37. The SMILES string of the molecule is COc1ccc([C@@H]2C(C(=O)Nc3ccccc3)=C(C)Nc3c(C(=O)Nc4ccc(F)cc4)cnn32)cc1OC. The molecule has 0 saturated heterocycles. The Bertz CT molecular complexity index is 1560. The molecule has 0 aliphatic carbocycles. The second kappa shape index (κ2) is 10.7. The summed E-state index contributed by atoms with van der Waals surface area (Å²) in [6, 6.07) is 19.3. The van der Waals surface area contributed by atoms with Crippen LogP contribution < -0.4 is 25.4 Å². The maximum absolute atomic E-state index is 13.6. The maximum Gasteiger partial charge on any atom is 0.261 e. The Morgan fingerprint density at radius 3 is 2.26 bits per heavy atom. The van der Waals surface area contributed by atoms with Crippen molar-refractivity contribution < 1.29 is 23.5 Å². The van der Waals surface area contributed by atoms with Gasteiger partial charge in [0.1, 0.15) is 23.2 Å². The second-order valence-corrected chi connectivity index (χ2v) is 8.81. The van der Waals surface area contributed by atoms with Crippen molar-refractivity contribution in [2.45, 2.75) is 13.0 Å². The van der Waals surface area contributed by atoms with Gasteiger partial charge in [-0.2, -0.15) is 5.10 Å². The predicted molar refractivity (Wildman–Crippen MR) is 146 cm³/mol. The number of halogens is 1. The van der Waals surface area contributed by atoms with E-state index in [9.17, 15) is 14.0 Å². The molecule has 0 fully saturated rings. The Kier molecular flexibility index (Phi) is 7.00. The molecular weight excluding hydrogens is 501 g/mol. The van der Waals surface area contributed by atoms with Crippen molar-refractivity contribution in [2.24, 2.45) is 0 Å². The van der Waals surface area contributed by atoms with Gasteiger partial charge in [0.25, 0.3) is 11.8 Å². The summed E-state index contributed by atoms with van der Waals surface area (Å²) < 4.78 is 25.8. The maximum atomic E-state index is 13.6. The van der Waals surface area contributed by atoms with Crippen LogP contribution in [-0.4, -0.2) is 35.8 Å². The smallest absolute Gasteiger partial charge is 0.261 e. The minimum absolute atomic E-state index is 0.256. The zero-order valence-corrected chi connectivity index (χ0v) is 21.5. The third kappa shape index (κ3) is 5.04. The van der Waals surface area contributed by atoms with Gasteiger partial charge in [-0.25, -0.2) is 9.07 Å². The summed E-state index contributed by atoms with van der Waals surface area (Å²) in [5.41, 5.74) is 2.98. The molecule has 0 bridgehead atoms. The van der Waals surface area contributed by atoms with E-state index < -0.39 is 17.8 Å². The van der Waals surface area contributed by atoms with Crippen LogP contribution in [0.4, 0.5) is 21.6 Å². The van der Waals surface area contributed by atoms with E-state index in [0.717, 1.165) is 0 Å². The first-order valence-electron chi connectivity index (χ1n) is 12.1. The van der Waals surface area contributed by atoms with E-state index in [4.69, 9.17) is 9.47 Å². The molecule has 3 N–H and O–H groups in total. The minimum Gasteiger partial charge on any atom is -0.493 e. The number of rotatable bonds is 7. The quantitative estimate of drug-likeness (QED) is 0.304. The molecule has 3 aromatic carbocycles. The van der Waals surface area contributed by atoms with E-state index in [0.29, 0.717) is 45.5 Å². The Labute approximate surface area is 224 Å². The van der Waals surface area contributed by atoms with Gasteiger partial charge in [0.05, 0.1) is 26.0 Å². The Balaban J connectivity index is 1.57. The van der Waals surface area contributed by atoms with Crippen molar-refractivity contribution in [1.82, 2.24) is 9.78 Å². The third-order valence-corrected chi connectivity index (χ3v) is 6.37. The van der Waals surface area contributed by atoms with Gasteiger partial charge in [-0.3, -0.25) is 9.59 Å². The molecule has 198 valence electrons. The van der Waals surface area contributed by atoms with Crippen LogP contribution in [0, 0.1) is 5.82 Å². The molecule has 0 unspecified atom stereocenters. The van der Waals surface area contributed by atoms with Crippen molar-refractivity contribution in [3.05, 3.63) is 107 Å². The average molecular weight is 528 g/mol. The standard InChI is InChI=1S/C29H26FN5O4/c1-17-25(29(37)34-20-7-5-4-6-8-20)26(18-9-14-23(38-2)24(15-18)39-3)35-27(32-17)22(16-31-35)28(36)33-21-12-10-19(30)11-13-21/h4-16,26,32H,1-3H3,(H,33,36)(H,34,37)/t26-/m1/s1. The summed E-state index contributed by atoms with van der Waals surface area (Å²) in [5, 5.41) is 13.4. The number of amides is 2. The number of allylic oxidation sites excluding steroid dienone is 1. The number of fused-ring (bicyclic) bond motifs is 1. The molecule has 1 aromatic heterocycles. The number of benzene rings is 3. The number of hydrogen-bond acceptors (Lipinski definition) is 6. The number of aromatic nitrogens is 2. The summed E-state index contributed by atoms with van der Waals surface area (Å²) >= 11 is 0. The van der Waals surface area contributed by atoms with Crippen LogP contribution in [0.2, 0.25) is 0 Å². The van der Waals surface area contributed by atoms with Crippen molar-refractivity contribution in [3.63, 3.8) is 0 Å². The largest absolute Gasteiger partial charge is 0.493 e. The van der Waals surface area contributed by atoms with Gasteiger partial charge in [-0.15, -0.1) is 0 Å². The zero-order valence-electron chi connectivity index (χ0n) is 21.5. The van der Waals surface area contributed by atoms with Gasteiger partial charge in [-0.05, 0) is 61.0 Å². The minimum atomic E-state index is -0.697. The molecule has 0 radical (unpaired) electrons. The van der Waals surface area contributed by atoms with Crippen molar-refractivity contribution in [1.29, 1.82) is 0 Å². The number of para-hydroxylation sites is 1. The molecule has 10 heteroatoms. The number of hydrogen-bond donors (Lipinski definition) is 3. The highest BCUT2D eigenvalue weighted by Crippen LogP contribution is 2.40. The van der Waals surface area contributed by atoms with E-state index in [1.165, 1.54) is 37.6 Å². The lowest BCUT2D eigenvalue weighted by atomic mass is 9.94. The van der Waals surface area contributed by atoms with Crippen molar-refractivity contribution in [3.8, 4) is 11.5 Å². The first-order chi connectivity index (χ1) is 18.9. The van der Waals surface area contributed by atoms with Crippen LogP contribution >= 0.6 is 0 Å². The monoisotopic (exact) mass is 527 g/mol. The molecule has 4 aromatic rings. The number of methoxy groups -OCH3 is 2. The Hall–Kier alpha value is -5.12. The Morgan fingerprint density at radius 1 is 0.897 bits per heavy atom. The first kappa shape index (κ1) is 25.5. The van der Waals surface area contributed by atoms with Crippen molar-refractivity contribution in [2.75, 3.05) is 30.2 Å². The summed E-state index contributed by atoms with van der Waals surface area (Å²) in [6.07, 6.45) is 1.43. The highest BCUT2D eigenvalue weighted by Gasteiger charge is 2.36. The number of carbonyl (C=O) groups excluding carboxylic acids is 2. The molecule has 9 nitrogen and oxygen atoms in total. The van der Waals surface area contributed by atoms with Crippen LogP contribution in [0.15, 0.2) is 90.3 Å². The van der Waals surface area contributed by atoms with Gasteiger partial charge in [-0.1, -0.05) is 24.3 Å². The van der Waals surface area contributed by atoms with E-state index in [1.54, 1.807) is 43.0 Å².